The average molecular weight is 455 g/mol. The number of nitrogens with two attached hydrogens (primary N) is 2. The minimum absolute atomic E-state index is 0.0804. The smallest absolute Gasteiger partial charge is 0.224 e. The van der Waals surface area contributed by atoms with Crippen molar-refractivity contribution in [2.75, 3.05) is 0 Å². The van der Waals surface area contributed by atoms with Crippen LogP contribution in [0.5, 0.6) is 0 Å². The zero-order valence-electron chi connectivity index (χ0n) is 21.4. The number of carbonyl (C=O) groups is 2. The molecule has 186 valence electrons. The van der Waals surface area contributed by atoms with E-state index in [1.54, 1.807) is 0 Å². The first-order valence-corrected chi connectivity index (χ1v) is 11.9. The molecule has 2 rings (SSSR count). The average Bonchev–Trinajstić information content (AvgIpc) is 2.59. The second-order valence-electron chi connectivity index (χ2n) is 12.8. The number of rotatable bonds is 7. The SMILES string of the molecule is CC1(C)CC(C(CCCC(N)=O)(C(N)=O)C2CC(C)(C)N(O)C(C)(C)C2)CC(C)(C)N1O. The largest absolute Gasteiger partial charge is 0.370 e. The van der Waals surface area contributed by atoms with Crippen LogP contribution in [0.3, 0.4) is 0 Å². The number of hydrogen-bond donors (Lipinski definition) is 4. The molecule has 8 nitrogen and oxygen atoms in total. The van der Waals surface area contributed by atoms with Crippen molar-refractivity contribution in [2.45, 2.75) is 122 Å². The van der Waals surface area contributed by atoms with E-state index in [1.807, 2.05) is 55.4 Å². The van der Waals surface area contributed by atoms with Gasteiger partial charge >= 0.3 is 0 Å². The number of amides is 2. The van der Waals surface area contributed by atoms with Gasteiger partial charge in [0.15, 0.2) is 0 Å². The van der Waals surface area contributed by atoms with Crippen LogP contribution in [0.25, 0.3) is 0 Å². The van der Waals surface area contributed by atoms with Gasteiger partial charge in [0.2, 0.25) is 11.8 Å². The first-order chi connectivity index (χ1) is 14.3. The molecule has 2 saturated heterocycles. The number of piperidine rings is 2. The summed E-state index contributed by atoms with van der Waals surface area (Å²) in [6, 6.07) is 0. The quantitative estimate of drug-likeness (QED) is 0.466. The molecule has 2 heterocycles. The normalized spacial score (nSPS) is 26.7. The molecule has 0 aliphatic carbocycles. The van der Waals surface area contributed by atoms with E-state index in [0.717, 1.165) is 0 Å². The van der Waals surface area contributed by atoms with E-state index in [1.165, 1.54) is 10.1 Å². The summed E-state index contributed by atoms with van der Waals surface area (Å²) in [6.07, 6.45) is 3.57. The second kappa shape index (κ2) is 8.53. The number of primary amides is 2. The van der Waals surface area contributed by atoms with Gasteiger partial charge in [0.1, 0.15) is 0 Å². The monoisotopic (exact) mass is 454 g/mol. The lowest BCUT2D eigenvalue weighted by molar-refractivity contribution is -0.274. The fourth-order valence-corrected chi connectivity index (χ4v) is 7.09. The van der Waals surface area contributed by atoms with Crippen molar-refractivity contribution >= 4 is 11.8 Å². The van der Waals surface area contributed by atoms with Crippen LogP contribution in [0, 0.1) is 17.3 Å². The molecule has 0 atom stereocenters. The van der Waals surface area contributed by atoms with Crippen molar-refractivity contribution in [1.82, 2.24) is 10.1 Å². The molecule has 2 aliphatic rings. The summed E-state index contributed by atoms with van der Waals surface area (Å²) in [5.74, 6) is -0.903. The Bertz CT molecular complexity index is 654. The molecule has 32 heavy (non-hydrogen) atoms. The first-order valence-electron chi connectivity index (χ1n) is 11.9. The van der Waals surface area contributed by atoms with Crippen LogP contribution in [-0.2, 0) is 9.59 Å². The Hall–Kier alpha value is -1.22. The van der Waals surface area contributed by atoms with Gasteiger partial charge in [0, 0.05) is 28.6 Å². The van der Waals surface area contributed by atoms with Gasteiger partial charge in [0.05, 0.1) is 5.41 Å². The lowest BCUT2D eigenvalue weighted by Gasteiger charge is -2.60. The van der Waals surface area contributed by atoms with Crippen molar-refractivity contribution in [1.29, 1.82) is 0 Å². The molecule has 0 unspecified atom stereocenters. The van der Waals surface area contributed by atoms with Crippen molar-refractivity contribution in [2.24, 2.45) is 28.7 Å². The van der Waals surface area contributed by atoms with Crippen LogP contribution in [0.2, 0.25) is 0 Å². The Balaban J connectivity index is 2.61. The van der Waals surface area contributed by atoms with Crippen LogP contribution in [0.15, 0.2) is 0 Å². The third kappa shape index (κ3) is 4.83. The number of carbonyl (C=O) groups excluding carboxylic acids is 2. The Morgan fingerprint density at radius 2 is 1.09 bits per heavy atom. The van der Waals surface area contributed by atoms with E-state index >= 15 is 0 Å². The minimum atomic E-state index is -0.874. The first kappa shape index (κ1) is 27.0. The fraction of sp³-hybridized carbons (Fsp3) is 0.917. The number of hydrogen-bond acceptors (Lipinski definition) is 6. The Labute approximate surface area is 193 Å². The van der Waals surface area contributed by atoms with Gasteiger partial charge in [-0.25, -0.2) is 0 Å². The summed E-state index contributed by atoms with van der Waals surface area (Å²) in [6.45, 7) is 15.9. The molecule has 8 heteroatoms. The van der Waals surface area contributed by atoms with E-state index in [0.29, 0.717) is 38.5 Å². The molecule has 0 aromatic heterocycles. The summed E-state index contributed by atoms with van der Waals surface area (Å²) in [5, 5.41) is 24.6. The predicted molar refractivity (Wildman–Crippen MR) is 124 cm³/mol. The van der Waals surface area contributed by atoms with Crippen molar-refractivity contribution in [3.05, 3.63) is 0 Å². The van der Waals surface area contributed by atoms with Crippen LogP contribution in [0.1, 0.15) is 100 Å². The summed E-state index contributed by atoms with van der Waals surface area (Å²) in [4.78, 5) is 25.0. The van der Waals surface area contributed by atoms with Crippen molar-refractivity contribution in [3.8, 4) is 0 Å². The van der Waals surface area contributed by atoms with E-state index in [-0.39, 0.29) is 30.1 Å². The highest BCUT2D eigenvalue weighted by molar-refractivity contribution is 5.82. The Morgan fingerprint density at radius 1 is 0.781 bits per heavy atom. The van der Waals surface area contributed by atoms with Gasteiger partial charge in [0.25, 0.3) is 0 Å². The van der Waals surface area contributed by atoms with E-state index < -0.39 is 27.6 Å². The van der Waals surface area contributed by atoms with Crippen LogP contribution >= 0.6 is 0 Å². The molecular formula is C24H46N4O4. The Kier molecular flexibility index (Phi) is 7.20. The molecule has 0 aromatic carbocycles. The summed E-state index contributed by atoms with van der Waals surface area (Å²) in [7, 11) is 0. The number of nitrogens with zero attached hydrogens (tertiary/aromatic N) is 2. The molecule has 0 saturated carbocycles. The Morgan fingerprint density at radius 3 is 1.34 bits per heavy atom. The molecule has 0 bridgehead atoms. The van der Waals surface area contributed by atoms with E-state index in [9.17, 15) is 20.0 Å². The topological polar surface area (TPSA) is 133 Å². The van der Waals surface area contributed by atoms with E-state index in [4.69, 9.17) is 11.5 Å². The molecule has 0 aromatic rings. The van der Waals surface area contributed by atoms with Gasteiger partial charge in [-0.1, -0.05) is 0 Å². The minimum Gasteiger partial charge on any atom is -0.370 e. The molecule has 0 spiro atoms. The van der Waals surface area contributed by atoms with Crippen LogP contribution in [-0.4, -0.2) is 54.5 Å². The molecule has 0 radical (unpaired) electrons. The standard InChI is InChI=1S/C24H46N4O4/c1-20(2)12-16(13-21(3,4)27(20)31)24(19(26)30,11-9-10-18(25)29)17-14-22(5,6)28(32)23(7,8)15-17/h16-17,31-32H,9-15H2,1-8H3,(H2,25,29)(H2,26,30). The predicted octanol–water partition coefficient (Wildman–Crippen LogP) is 3.43. The van der Waals surface area contributed by atoms with Gasteiger partial charge in [-0.15, -0.1) is 0 Å². The second-order valence-corrected chi connectivity index (χ2v) is 12.8. The molecular weight excluding hydrogens is 408 g/mol. The fourth-order valence-electron chi connectivity index (χ4n) is 7.09. The maximum absolute atomic E-state index is 13.5. The molecule has 6 N–H and O–H groups in total. The summed E-state index contributed by atoms with van der Waals surface area (Å²) >= 11 is 0. The van der Waals surface area contributed by atoms with Gasteiger partial charge in [-0.05, 0) is 106 Å². The van der Waals surface area contributed by atoms with E-state index in [2.05, 4.69) is 0 Å². The van der Waals surface area contributed by atoms with Crippen LogP contribution in [0.4, 0.5) is 0 Å². The zero-order chi connectivity index (χ0) is 24.9. The maximum atomic E-state index is 13.5. The highest BCUT2D eigenvalue weighted by Crippen LogP contribution is 2.57. The zero-order valence-corrected chi connectivity index (χ0v) is 21.4. The van der Waals surface area contributed by atoms with Gasteiger partial charge in [-0.3, -0.25) is 9.59 Å². The highest BCUT2D eigenvalue weighted by atomic mass is 16.5. The third-order valence-corrected chi connectivity index (χ3v) is 8.21. The lowest BCUT2D eigenvalue weighted by Crippen LogP contribution is -2.66. The van der Waals surface area contributed by atoms with Crippen LogP contribution < -0.4 is 11.5 Å². The maximum Gasteiger partial charge on any atom is 0.224 e. The summed E-state index contributed by atoms with van der Waals surface area (Å²) in [5.41, 5.74) is 8.65. The van der Waals surface area contributed by atoms with Crippen molar-refractivity contribution in [3.63, 3.8) is 0 Å². The molecule has 2 aliphatic heterocycles. The summed E-state index contributed by atoms with van der Waals surface area (Å²) < 4.78 is 0. The lowest BCUT2D eigenvalue weighted by atomic mass is 9.52. The van der Waals surface area contributed by atoms with Gasteiger partial charge in [-0.2, -0.15) is 10.1 Å². The van der Waals surface area contributed by atoms with Crippen molar-refractivity contribution < 1.29 is 20.0 Å². The molecule has 2 amide bonds. The van der Waals surface area contributed by atoms with Gasteiger partial charge < -0.3 is 21.9 Å². The highest BCUT2D eigenvalue weighted by Gasteiger charge is 2.60. The third-order valence-electron chi connectivity index (χ3n) is 8.21. The number of hydroxylamine groups is 4. The molecule has 2 fully saturated rings.